The maximum absolute atomic E-state index is 2.55. The molecule has 0 aromatic heterocycles. The molecule has 150 valence electrons. The second kappa shape index (κ2) is 13.6. The first-order chi connectivity index (χ1) is 12.8. The highest BCUT2D eigenvalue weighted by molar-refractivity contribution is 4.91. The van der Waals surface area contributed by atoms with Crippen LogP contribution in [-0.2, 0) is 0 Å². The molecule has 0 aliphatic heterocycles. The minimum absolute atomic E-state index is 0.900. The van der Waals surface area contributed by atoms with E-state index in [0.717, 1.165) is 23.7 Å². The highest BCUT2D eigenvalue weighted by Crippen LogP contribution is 2.36. The van der Waals surface area contributed by atoms with Gasteiger partial charge in [0.25, 0.3) is 0 Å². The molecule has 0 radical (unpaired) electrons. The van der Waals surface area contributed by atoms with Crippen molar-refractivity contribution in [2.75, 3.05) is 0 Å². The molecule has 0 amide bonds. The number of allylic oxidation sites excluding steroid dienone is 4. The smallest absolute Gasteiger partial charge is 0.0231 e. The molecule has 0 nitrogen and oxygen atoms in total. The zero-order valence-electron chi connectivity index (χ0n) is 17.9. The van der Waals surface area contributed by atoms with E-state index >= 15 is 0 Å². The summed E-state index contributed by atoms with van der Waals surface area (Å²) in [6.45, 7) is 4.52. The van der Waals surface area contributed by atoms with E-state index in [4.69, 9.17) is 0 Å². The van der Waals surface area contributed by atoms with Crippen molar-refractivity contribution in [2.24, 2.45) is 23.7 Å². The minimum Gasteiger partial charge on any atom is -0.0888 e. The Labute approximate surface area is 164 Å². The van der Waals surface area contributed by atoms with E-state index in [1.807, 2.05) is 0 Å². The summed E-state index contributed by atoms with van der Waals surface area (Å²) in [7, 11) is 0. The average Bonchev–Trinajstić information content (AvgIpc) is 2.67. The van der Waals surface area contributed by atoms with Crippen molar-refractivity contribution >= 4 is 0 Å². The minimum atomic E-state index is 0.900. The van der Waals surface area contributed by atoms with Gasteiger partial charge in [-0.2, -0.15) is 0 Å². The van der Waals surface area contributed by atoms with Crippen LogP contribution in [0.25, 0.3) is 0 Å². The van der Waals surface area contributed by atoms with Gasteiger partial charge >= 0.3 is 0 Å². The van der Waals surface area contributed by atoms with E-state index < -0.39 is 0 Å². The van der Waals surface area contributed by atoms with Crippen LogP contribution < -0.4 is 0 Å². The summed E-state index contributed by atoms with van der Waals surface area (Å²) in [4.78, 5) is 0. The molecule has 2 aliphatic carbocycles. The topological polar surface area (TPSA) is 0 Å². The lowest BCUT2D eigenvalue weighted by Gasteiger charge is -2.29. The predicted octanol–water partition coefficient (Wildman–Crippen LogP) is 8.87. The van der Waals surface area contributed by atoms with Crippen molar-refractivity contribution in [1.82, 2.24) is 0 Å². The van der Waals surface area contributed by atoms with Gasteiger partial charge in [0.2, 0.25) is 0 Å². The van der Waals surface area contributed by atoms with Gasteiger partial charge in [-0.1, -0.05) is 95.9 Å². The number of hydrogen-bond donors (Lipinski definition) is 0. The van der Waals surface area contributed by atoms with Crippen LogP contribution in [0.2, 0.25) is 0 Å². The number of unbranched alkanes of at least 4 members (excludes halogenated alkanes) is 2. The molecule has 26 heavy (non-hydrogen) atoms. The Morgan fingerprint density at radius 1 is 0.731 bits per heavy atom. The quantitative estimate of drug-likeness (QED) is 0.255. The van der Waals surface area contributed by atoms with Gasteiger partial charge in [-0.3, -0.25) is 0 Å². The number of rotatable bonds is 11. The first kappa shape index (κ1) is 21.8. The van der Waals surface area contributed by atoms with Gasteiger partial charge in [0.1, 0.15) is 0 Å². The first-order valence-electron chi connectivity index (χ1n) is 12.1. The molecule has 2 saturated carbocycles. The lowest BCUT2D eigenvalue weighted by Crippen LogP contribution is -2.15. The molecule has 0 heteroatoms. The van der Waals surface area contributed by atoms with Gasteiger partial charge in [-0.25, -0.2) is 0 Å². The fraction of sp³-hybridized carbons (Fsp3) is 0.846. The molecule has 0 spiro atoms. The Morgan fingerprint density at radius 3 is 2.19 bits per heavy atom. The standard InChI is InChI=1S/C26H46/c1-3-5-7-12-23-18-20-24(21-19-23)13-9-10-15-26-17-11-16-25(22-26)14-8-6-4-2/h5,7-8,14,23-26H,3-4,6,9-13,15-22H2,1-2H3/b7-5-,14-8+. The average molecular weight is 359 g/mol. The van der Waals surface area contributed by atoms with Crippen LogP contribution in [0.4, 0.5) is 0 Å². The van der Waals surface area contributed by atoms with Crippen molar-refractivity contribution in [1.29, 1.82) is 0 Å². The van der Waals surface area contributed by atoms with Gasteiger partial charge in [0.15, 0.2) is 0 Å². The van der Waals surface area contributed by atoms with Gasteiger partial charge in [0.05, 0.1) is 0 Å². The van der Waals surface area contributed by atoms with Crippen molar-refractivity contribution in [3.05, 3.63) is 24.3 Å². The van der Waals surface area contributed by atoms with E-state index in [2.05, 4.69) is 38.2 Å². The second-order valence-corrected chi connectivity index (χ2v) is 9.30. The van der Waals surface area contributed by atoms with E-state index in [0.29, 0.717) is 0 Å². The highest BCUT2D eigenvalue weighted by Gasteiger charge is 2.21. The van der Waals surface area contributed by atoms with Gasteiger partial charge in [-0.15, -0.1) is 0 Å². The molecule has 0 saturated heterocycles. The first-order valence-corrected chi connectivity index (χ1v) is 12.1. The molecule has 2 unspecified atom stereocenters. The molecule has 2 rings (SSSR count). The summed E-state index contributed by atoms with van der Waals surface area (Å²) in [6.07, 6.45) is 32.8. The van der Waals surface area contributed by atoms with Crippen LogP contribution in [0.1, 0.15) is 117 Å². The summed E-state index contributed by atoms with van der Waals surface area (Å²) < 4.78 is 0. The Bertz CT molecular complexity index is 383. The maximum Gasteiger partial charge on any atom is -0.0231 e. The zero-order valence-corrected chi connectivity index (χ0v) is 17.9. The van der Waals surface area contributed by atoms with Gasteiger partial charge in [0, 0.05) is 0 Å². The van der Waals surface area contributed by atoms with Crippen molar-refractivity contribution < 1.29 is 0 Å². The predicted molar refractivity (Wildman–Crippen MR) is 117 cm³/mol. The highest BCUT2D eigenvalue weighted by atomic mass is 14.3. The second-order valence-electron chi connectivity index (χ2n) is 9.30. The third-order valence-electron chi connectivity index (χ3n) is 7.00. The Kier molecular flexibility index (Phi) is 11.4. The van der Waals surface area contributed by atoms with Crippen molar-refractivity contribution in [2.45, 2.75) is 117 Å². The molecule has 0 heterocycles. The van der Waals surface area contributed by atoms with Crippen LogP contribution in [0, 0.1) is 23.7 Å². The molecule has 2 atom stereocenters. The molecule has 0 aromatic rings. The normalized spacial score (nSPS) is 30.4. The molecule has 0 N–H and O–H groups in total. The molecule has 0 bridgehead atoms. The molecule has 2 aliphatic rings. The summed E-state index contributed by atoms with van der Waals surface area (Å²) in [5.41, 5.74) is 0. The lowest BCUT2D eigenvalue weighted by molar-refractivity contribution is 0.250. The van der Waals surface area contributed by atoms with Crippen LogP contribution in [-0.4, -0.2) is 0 Å². The Hall–Kier alpha value is -0.520. The van der Waals surface area contributed by atoms with Gasteiger partial charge < -0.3 is 0 Å². The fourth-order valence-corrected chi connectivity index (χ4v) is 5.30. The van der Waals surface area contributed by atoms with E-state index in [1.54, 1.807) is 0 Å². The van der Waals surface area contributed by atoms with E-state index in [9.17, 15) is 0 Å². The molecule has 0 aromatic carbocycles. The largest absolute Gasteiger partial charge is 0.0888 e. The monoisotopic (exact) mass is 358 g/mol. The summed E-state index contributed by atoms with van der Waals surface area (Å²) in [5.74, 6) is 3.98. The van der Waals surface area contributed by atoms with Crippen LogP contribution >= 0.6 is 0 Å². The van der Waals surface area contributed by atoms with E-state index in [-0.39, 0.29) is 0 Å². The fourth-order valence-electron chi connectivity index (χ4n) is 5.30. The Balaban J connectivity index is 1.52. The Morgan fingerprint density at radius 2 is 1.46 bits per heavy atom. The van der Waals surface area contributed by atoms with Crippen molar-refractivity contribution in [3.8, 4) is 0 Å². The van der Waals surface area contributed by atoms with E-state index in [1.165, 1.54) is 103 Å². The van der Waals surface area contributed by atoms with Crippen LogP contribution in [0.5, 0.6) is 0 Å². The molecular weight excluding hydrogens is 312 g/mol. The third kappa shape index (κ3) is 8.92. The SMILES string of the molecule is CC/C=C\CC1CCC(CCCCC2CCCC(/C=C/CCC)C2)CC1. The van der Waals surface area contributed by atoms with Crippen molar-refractivity contribution in [3.63, 3.8) is 0 Å². The van der Waals surface area contributed by atoms with Crippen LogP contribution in [0.3, 0.4) is 0 Å². The number of hydrogen-bond acceptors (Lipinski definition) is 0. The molecular formula is C26H46. The summed E-state index contributed by atoms with van der Waals surface area (Å²) in [6, 6.07) is 0. The lowest BCUT2D eigenvalue weighted by atomic mass is 9.77. The summed E-state index contributed by atoms with van der Waals surface area (Å²) in [5, 5.41) is 0. The zero-order chi connectivity index (χ0) is 18.5. The summed E-state index contributed by atoms with van der Waals surface area (Å²) >= 11 is 0. The molecule has 2 fully saturated rings. The van der Waals surface area contributed by atoms with Gasteiger partial charge in [-0.05, 0) is 68.6 Å². The maximum atomic E-state index is 2.55. The van der Waals surface area contributed by atoms with Crippen LogP contribution in [0.15, 0.2) is 24.3 Å². The third-order valence-corrected chi connectivity index (χ3v) is 7.00.